The largest absolute Gasteiger partial charge is 0.497 e. The standard InChI is InChI=1S/C15H19N3O3S2/c1-4-12(21-11-8-6-10(20-3)7-9-11)13(19)16-14-17-18-15(23-14)22-5-2/h6-9,12H,4-5H2,1-3H3,(H,16,17,19)/t12-/m0/s1. The highest BCUT2D eigenvalue weighted by Crippen LogP contribution is 2.25. The van der Waals surface area contributed by atoms with E-state index in [2.05, 4.69) is 15.5 Å². The lowest BCUT2D eigenvalue weighted by Crippen LogP contribution is -2.32. The lowest BCUT2D eigenvalue weighted by molar-refractivity contribution is -0.122. The summed E-state index contributed by atoms with van der Waals surface area (Å²) in [5.74, 6) is 2.05. The van der Waals surface area contributed by atoms with Crippen LogP contribution in [0.1, 0.15) is 20.3 Å². The van der Waals surface area contributed by atoms with Crippen molar-refractivity contribution in [1.29, 1.82) is 0 Å². The summed E-state index contributed by atoms with van der Waals surface area (Å²) in [4.78, 5) is 12.3. The highest BCUT2D eigenvalue weighted by molar-refractivity contribution is 8.01. The zero-order valence-electron chi connectivity index (χ0n) is 13.2. The van der Waals surface area contributed by atoms with Gasteiger partial charge in [-0.2, -0.15) is 0 Å². The molecule has 0 fully saturated rings. The van der Waals surface area contributed by atoms with Gasteiger partial charge in [-0.05, 0) is 36.4 Å². The van der Waals surface area contributed by atoms with Crippen LogP contribution in [0.5, 0.6) is 11.5 Å². The van der Waals surface area contributed by atoms with Gasteiger partial charge in [-0.1, -0.05) is 36.9 Å². The van der Waals surface area contributed by atoms with E-state index in [9.17, 15) is 4.79 Å². The average Bonchev–Trinajstić information content (AvgIpc) is 3.00. The Labute approximate surface area is 143 Å². The molecule has 1 atom stereocenters. The maximum Gasteiger partial charge on any atom is 0.267 e. The van der Waals surface area contributed by atoms with E-state index in [4.69, 9.17) is 9.47 Å². The first-order valence-electron chi connectivity index (χ1n) is 7.24. The number of nitrogens with zero attached hydrogens (tertiary/aromatic N) is 2. The molecule has 1 N–H and O–H groups in total. The molecular formula is C15H19N3O3S2. The average molecular weight is 353 g/mol. The van der Waals surface area contributed by atoms with Crippen LogP contribution in [0, 0.1) is 0 Å². The number of hydrogen-bond acceptors (Lipinski definition) is 7. The number of benzene rings is 1. The Hall–Kier alpha value is -1.80. The molecule has 2 aromatic rings. The Morgan fingerprint density at radius 3 is 2.57 bits per heavy atom. The molecule has 0 aliphatic heterocycles. The van der Waals surface area contributed by atoms with Gasteiger partial charge in [0.2, 0.25) is 5.13 Å². The van der Waals surface area contributed by atoms with E-state index in [1.165, 1.54) is 11.3 Å². The molecule has 0 saturated carbocycles. The van der Waals surface area contributed by atoms with Gasteiger partial charge >= 0.3 is 0 Å². The van der Waals surface area contributed by atoms with Crippen molar-refractivity contribution in [2.24, 2.45) is 0 Å². The van der Waals surface area contributed by atoms with Crippen LogP contribution in [-0.2, 0) is 4.79 Å². The highest BCUT2D eigenvalue weighted by Gasteiger charge is 2.20. The van der Waals surface area contributed by atoms with Crippen molar-refractivity contribution in [3.63, 3.8) is 0 Å². The third kappa shape index (κ3) is 5.11. The SMILES string of the molecule is CCSc1nnc(NC(=O)[C@H](CC)Oc2ccc(OC)cc2)s1. The summed E-state index contributed by atoms with van der Waals surface area (Å²) in [6.07, 6.45) is -0.0395. The van der Waals surface area contributed by atoms with Gasteiger partial charge in [0, 0.05) is 0 Å². The van der Waals surface area contributed by atoms with E-state index < -0.39 is 6.10 Å². The molecule has 0 bridgehead atoms. The summed E-state index contributed by atoms with van der Waals surface area (Å²) in [5.41, 5.74) is 0. The van der Waals surface area contributed by atoms with Crippen LogP contribution in [0.2, 0.25) is 0 Å². The summed E-state index contributed by atoms with van der Waals surface area (Å²) in [6, 6.07) is 7.13. The molecule has 124 valence electrons. The maximum absolute atomic E-state index is 12.3. The van der Waals surface area contributed by atoms with Crippen LogP contribution >= 0.6 is 23.1 Å². The zero-order chi connectivity index (χ0) is 16.7. The minimum Gasteiger partial charge on any atom is -0.497 e. The molecular weight excluding hydrogens is 334 g/mol. The molecule has 1 aromatic carbocycles. The van der Waals surface area contributed by atoms with Gasteiger partial charge in [0.15, 0.2) is 10.4 Å². The lowest BCUT2D eigenvalue weighted by atomic mass is 10.2. The van der Waals surface area contributed by atoms with Crippen molar-refractivity contribution in [3.8, 4) is 11.5 Å². The predicted molar refractivity (Wildman–Crippen MR) is 92.6 cm³/mol. The van der Waals surface area contributed by atoms with Crippen LogP contribution < -0.4 is 14.8 Å². The summed E-state index contributed by atoms with van der Waals surface area (Å²) in [5, 5.41) is 11.2. The van der Waals surface area contributed by atoms with E-state index in [0.717, 1.165) is 15.8 Å². The Bertz CT molecular complexity index is 631. The fourth-order valence-corrected chi connectivity index (χ4v) is 3.42. The van der Waals surface area contributed by atoms with E-state index in [1.54, 1.807) is 43.1 Å². The smallest absolute Gasteiger partial charge is 0.267 e. The van der Waals surface area contributed by atoms with Crippen molar-refractivity contribution < 1.29 is 14.3 Å². The minimum atomic E-state index is -0.588. The number of thioether (sulfide) groups is 1. The number of rotatable bonds is 8. The summed E-state index contributed by atoms with van der Waals surface area (Å²) in [7, 11) is 1.60. The molecule has 0 radical (unpaired) electrons. The first-order valence-corrected chi connectivity index (χ1v) is 9.04. The van der Waals surface area contributed by atoms with Crippen LogP contribution in [0.4, 0.5) is 5.13 Å². The monoisotopic (exact) mass is 353 g/mol. The molecule has 2 rings (SSSR count). The summed E-state index contributed by atoms with van der Waals surface area (Å²) in [6.45, 7) is 3.94. The van der Waals surface area contributed by atoms with Crippen LogP contribution in [0.15, 0.2) is 28.6 Å². The van der Waals surface area contributed by atoms with Crippen molar-refractivity contribution >= 4 is 34.1 Å². The third-order valence-electron chi connectivity index (χ3n) is 2.91. The van der Waals surface area contributed by atoms with Gasteiger partial charge in [-0.15, -0.1) is 10.2 Å². The second-order valence-corrected chi connectivity index (χ2v) is 6.97. The van der Waals surface area contributed by atoms with Gasteiger partial charge in [0.25, 0.3) is 5.91 Å². The van der Waals surface area contributed by atoms with E-state index >= 15 is 0 Å². The minimum absolute atomic E-state index is 0.229. The zero-order valence-corrected chi connectivity index (χ0v) is 14.9. The number of carbonyl (C=O) groups excluding carboxylic acids is 1. The number of nitrogens with one attached hydrogen (secondary N) is 1. The second-order valence-electron chi connectivity index (χ2n) is 4.49. The Kier molecular flexibility index (Phi) is 6.66. The molecule has 8 heteroatoms. The molecule has 6 nitrogen and oxygen atoms in total. The quantitative estimate of drug-likeness (QED) is 0.579. The van der Waals surface area contributed by atoms with Crippen molar-refractivity contribution in [1.82, 2.24) is 10.2 Å². The van der Waals surface area contributed by atoms with Crippen LogP contribution in [-0.4, -0.2) is 35.1 Å². The number of aromatic nitrogens is 2. The Balaban J connectivity index is 1.96. The number of anilines is 1. The Morgan fingerprint density at radius 1 is 1.26 bits per heavy atom. The van der Waals surface area contributed by atoms with Crippen LogP contribution in [0.3, 0.4) is 0 Å². The van der Waals surface area contributed by atoms with Crippen molar-refractivity contribution in [3.05, 3.63) is 24.3 Å². The number of hydrogen-bond donors (Lipinski definition) is 1. The normalized spacial score (nSPS) is 11.8. The van der Waals surface area contributed by atoms with Gasteiger partial charge in [0.1, 0.15) is 11.5 Å². The topological polar surface area (TPSA) is 73.3 Å². The number of amides is 1. The fourth-order valence-electron chi connectivity index (χ4n) is 1.77. The van der Waals surface area contributed by atoms with Gasteiger partial charge in [0.05, 0.1) is 7.11 Å². The molecule has 0 unspecified atom stereocenters. The van der Waals surface area contributed by atoms with E-state index in [-0.39, 0.29) is 5.91 Å². The van der Waals surface area contributed by atoms with Crippen molar-refractivity contribution in [2.75, 3.05) is 18.2 Å². The molecule has 0 spiro atoms. The van der Waals surface area contributed by atoms with Crippen molar-refractivity contribution in [2.45, 2.75) is 30.7 Å². The number of methoxy groups -OCH3 is 1. The highest BCUT2D eigenvalue weighted by atomic mass is 32.2. The molecule has 0 aliphatic carbocycles. The van der Waals surface area contributed by atoms with Gasteiger partial charge in [-0.25, -0.2) is 0 Å². The molecule has 1 amide bonds. The molecule has 0 aliphatic rings. The van der Waals surface area contributed by atoms with Gasteiger partial charge < -0.3 is 9.47 Å². The number of ether oxygens (including phenoxy) is 2. The third-order valence-corrected chi connectivity index (χ3v) is 4.76. The number of carbonyl (C=O) groups is 1. The molecule has 23 heavy (non-hydrogen) atoms. The second kappa shape index (κ2) is 8.73. The van der Waals surface area contributed by atoms with E-state index in [1.807, 2.05) is 13.8 Å². The lowest BCUT2D eigenvalue weighted by Gasteiger charge is -2.16. The molecule has 1 heterocycles. The van der Waals surface area contributed by atoms with Gasteiger partial charge in [-0.3, -0.25) is 10.1 Å². The maximum atomic E-state index is 12.3. The summed E-state index contributed by atoms with van der Waals surface area (Å²) >= 11 is 2.96. The first-order chi connectivity index (χ1) is 11.2. The van der Waals surface area contributed by atoms with E-state index in [0.29, 0.717) is 17.3 Å². The Morgan fingerprint density at radius 2 is 1.96 bits per heavy atom. The molecule has 0 saturated heterocycles. The predicted octanol–water partition coefficient (Wildman–Crippen LogP) is 3.45. The summed E-state index contributed by atoms with van der Waals surface area (Å²) < 4.78 is 11.7. The fraction of sp³-hybridized carbons (Fsp3) is 0.400. The first kappa shape index (κ1) is 17.6. The van der Waals surface area contributed by atoms with Crippen LogP contribution in [0.25, 0.3) is 0 Å². The molecule has 1 aromatic heterocycles.